The molecule has 3 rings (SSSR count). The van der Waals surface area contributed by atoms with Crippen LogP contribution in [-0.2, 0) is 0 Å². The van der Waals surface area contributed by atoms with Gasteiger partial charge in [-0.3, -0.25) is 10.1 Å². The first kappa shape index (κ1) is 12.5. The number of hydrogen-bond donors (Lipinski definition) is 0. The fourth-order valence-corrected chi connectivity index (χ4v) is 4.56. The quantitative estimate of drug-likeness (QED) is 0.544. The minimum absolute atomic E-state index is 0.0828. The van der Waals surface area contributed by atoms with Crippen LogP contribution in [0.2, 0.25) is 0 Å². The number of hydrogen-bond acceptors (Lipinski definition) is 8. The standard InChI is InChI=1S/C10H6N4O2S3/c1-5-12-13-10(17-5)19-9-11-7-3-2-6(14(15)16)4-8(7)18-9/h2-4H,1H3. The minimum Gasteiger partial charge on any atom is -0.258 e. The Kier molecular flexibility index (Phi) is 3.17. The molecule has 2 heterocycles. The molecule has 3 aromatic rings. The summed E-state index contributed by atoms with van der Waals surface area (Å²) in [6.45, 7) is 1.89. The number of thiazole rings is 1. The lowest BCUT2D eigenvalue weighted by Crippen LogP contribution is -1.85. The Bertz CT molecular complexity index is 767. The van der Waals surface area contributed by atoms with E-state index in [4.69, 9.17) is 0 Å². The van der Waals surface area contributed by atoms with E-state index in [1.807, 2.05) is 6.92 Å². The number of non-ortho nitro benzene ring substituents is 1. The fraction of sp³-hybridized carbons (Fsp3) is 0.100. The molecule has 0 fully saturated rings. The van der Waals surface area contributed by atoms with Crippen molar-refractivity contribution in [2.75, 3.05) is 0 Å². The average Bonchev–Trinajstić information content (AvgIpc) is 2.94. The van der Waals surface area contributed by atoms with E-state index >= 15 is 0 Å². The van der Waals surface area contributed by atoms with E-state index in [0.29, 0.717) is 0 Å². The summed E-state index contributed by atoms with van der Waals surface area (Å²) in [5, 5.41) is 19.6. The van der Waals surface area contributed by atoms with E-state index in [9.17, 15) is 10.1 Å². The summed E-state index contributed by atoms with van der Waals surface area (Å²) in [6, 6.07) is 4.67. The van der Waals surface area contributed by atoms with Gasteiger partial charge in [0.15, 0.2) is 8.68 Å². The van der Waals surface area contributed by atoms with Gasteiger partial charge < -0.3 is 0 Å². The van der Waals surface area contributed by atoms with Crippen LogP contribution >= 0.6 is 34.4 Å². The zero-order valence-electron chi connectivity index (χ0n) is 9.56. The molecule has 0 unspecified atom stereocenters. The number of nitro benzene ring substituents is 1. The van der Waals surface area contributed by atoms with Gasteiger partial charge in [-0.2, -0.15) is 0 Å². The van der Waals surface area contributed by atoms with Gasteiger partial charge in [0.2, 0.25) is 0 Å². The zero-order chi connectivity index (χ0) is 13.4. The lowest BCUT2D eigenvalue weighted by atomic mass is 10.3. The van der Waals surface area contributed by atoms with Gasteiger partial charge in [-0.25, -0.2) is 4.98 Å². The normalized spacial score (nSPS) is 11.0. The Balaban J connectivity index is 1.95. The average molecular weight is 310 g/mol. The highest BCUT2D eigenvalue weighted by Crippen LogP contribution is 2.36. The molecule has 6 nitrogen and oxygen atoms in total. The number of nitrogens with zero attached hydrogens (tertiary/aromatic N) is 4. The number of aryl methyl sites for hydroxylation is 1. The molecule has 19 heavy (non-hydrogen) atoms. The van der Waals surface area contributed by atoms with Crippen molar-refractivity contribution in [3.63, 3.8) is 0 Å². The number of nitro groups is 1. The van der Waals surface area contributed by atoms with Gasteiger partial charge in [0.25, 0.3) is 5.69 Å². The van der Waals surface area contributed by atoms with Crippen molar-refractivity contribution in [1.29, 1.82) is 0 Å². The lowest BCUT2D eigenvalue weighted by Gasteiger charge is -1.88. The Morgan fingerprint density at radius 2 is 2.11 bits per heavy atom. The third-order valence-corrected chi connectivity index (χ3v) is 5.21. The highest BCUT2D eigenvalue weighted by Gasteiger charge is 2.12. The lowest BCUT2D eigenvalue weighted by molar-refractivity contribution is -0.384. The molecule has 0 bridgehead atoms. The summed E-state index contributed by atoms with van der Waals surface area (Å²) in [6.07, 6.45) is 0. The van der Waals surface area contributed by atoms with E-state index < -0.39 is 4.92 Å². The molecule has 0 amide bonds. The molecule has 0 aliphatic rings. The summed E-state index contributed by atoms with van der Waals surface area (Å²) in [5.41, 5.74) is 0.846. The summed E-state index contributed by atoms with van der Waals surface area (Å²) in [7, 11) is 0. The van der Waals surface area contributed by atoms with Crippen molar-refractivity contribution in [1.82, 2.24) is 15.2 Å². The summed E-state index contributed by atoms with van der Waals surface area (Å²) in [4.78, 5) is 14.7. The molecular formula is C10H6N4O2S3. The molecular weight excluding hydrogens is 304 g/mol. The van der Waals surface area contributed by atoms with E-state index in [0.717, 1.165) is 23.9 Å². The molecule has 96 valence electrons. The predicted molar refractivity (Wildman–Crippen MR) is 75.0 cm³/mol. The molecule has 1 aromatic carbocycles. The van der Waals surface area contributed by atoms with Crippen LogP contribution in [0, 0.1) is 17.0 Å². The number of aromatic nitrogens is 3. The van der Waals surface area contributed by atoms with Gasteiger partial charge in [-0.1, -0.05) is 11.3 Å². The first-order valence-corrected chi connectivity index (χ1v) is 7.60. The Hall–Kier alpha value is -1.58. The van der Waals surface area contributed by atoms with Crippen LogP contribution in [0.25, 0.3) is 10.2 Å². The highest BCUT2D eigenvalue weighted by atomic mass is 32.2. The van der Waals surface area contributed by atoms with Crippen LogP contribution in [0.4, 0.5) is 5.69 Å². The van der Waals surface area contributed by atoms with Gasteiger partial charge >= 0.3 is 0 Å². The van der Waals surface area contributed by atoms with Crippen LogP contribution in [-0.4, -0.2) is 20.1 Å². The third kappa shape index (κ3) is 2.57. The second-order valence-corrected chi connectivity index (χ2v) is 7.28. The Morgan fingerprint density at radius 3 is 2.79 bits per heavy atom. The van der Waals surface area contributed by atoms with Crippen molar-refractivity contribution in [2.24, 2.45) is 0 Å². The maximum absolute atomic E-state index is 10.7. The molecule has 0 radical (unpaired) electrons. The molecule has 0 aliphatic heterocycles. The van der Waals surface area contributed by atoms with Crippen LogP contribution in [0.3, 0.4) is 0 Å². The number of benzene rings is 1. The van der Waals surface area contributed by atoms with Gasteiger partial charge in [0, 0.05) is 12.1 Å². The van der Waals surface area contributed by atoms with Gasteiger partial charge in [0.05, 0.1) is 15.1 Å². The van der Waals surface area contributed by atoms with E-state index in [2.05, 4.69) is 15.2 Å². The van der Waals surface area contributed by atoms with Crippen molar-refractivity contribution in [2.45, 2.75) is 15.6 Å². The van der Waals surface area contributed by atoms with Crippen molar-refractivity contribution in [3.8, 4) is 0 Å². The summed E-state index contributed by atoms with van der Waals surface area (Å²) in [5.74, 6) is 0. The Morgan fingerprint density at radius 1 is 1.26 bits per heavy atom. The van der Waals surface area contributed by atoms with Gasteiger partial charge in [-0.15, -0.1) is 21.5 Å². The van der Waals surface area contributed by atoms with E-state index in [1.165, 1.54) is 40.5 Å². The molecule has 0 spiro atoms. The number of fused-ring (bicyclic) bond motifs is 1. The summed E-state index contributed by atoms with van der Waals surface area (Å²) >= 11 is 4.35. The van der Waals surface area contributed by atoms with Crippen molar-refractivity contribution < 1.29 is 4.92 Å². The van der Waals surface area contributed by atoms with Crippen LogP contribution in [0.1, 0.15) is 5.01 Å². The zero-order valence-corrected chi connectivity index (χ0v) is 12.0. The largest absolute Gasteiger partial charge is 0.270 e. The Labute approximate surface area is 119 Å². The monoisotopic (exact) mass is 310 g/mol. The third-order valence-electron chi connectivity index (χ3n) is 2.25. The van der Waals surface area contributed by atoms with Crippen LogP contribution in [0.5, 0.6) is 0 Å². The maximum Gasteiger partial charge on any atom is 0.270 e. The molecule has 0 aliphatic carbocycles. The first-order valence-electron chi connectivity index (χ1n) is 5.15. The van der Waals surface area contributed by atoms with Gasteiger partial charge in [0.1, 0.15) is 5.01 Å². The molecule has 0 atom stereocenters. The topological polar surface area (TPSA) is 81.8 Å². The number of rotatable bonds is 3. The first-order chi connectivity index (χ1) is 9.11. The van der Waals surface area contributed by atoms with E-state index in [-0.39, 0.29) is 5.69 Å². The second kappa shape index (κ2) is 4.83. The van der Waals surface area contributed by atoms with E-state index in [1.54, 1.807) is 12.1 Å². The molecule has 9 heteroatoms. The fourth-order valence-electron chi connectivity index (χ4n) is 1.44. The summed E-state index contributed by atoms with van der Waals surface area (Å²) < 4.78 is 2.44. The predicted octanol–water partition coefficient (Wildman–Crippen LogP) is 3.52. The molecule has 0 saturated heterocycles. The van der Waals surface area contributed by atoms with Crippen LogP contribution in [0.15, 0.2) is 26.9 Å². The smallest absolute Gasteiger partial charge is 0.258 e. The van der Waals surface area contributed by atoms with Crippen molar-refractivity contribution >= 4 is 50.3 Å². The second-order valence-electron chi connectivity index (χ2n) is 3.58. The highest BCUT2D eigenvalue weighted by molar-refractivity contribution is 8.02. The molecule has 2 aromatic heterocycles. The SMILES string of the molecule is Cc1nnc(Sc2nc3ccc([N+](=O)[O-])cc3s2)s1. The van der Waals surface area contributed by atoms with Crippen LogP contribution < -0.4 is 0 Å². The molecule has 0 saturated carbocycles. The van der Waals surface area contributed by atoms with Gasteiger partial charge in [-0.05, 0) is 24.8 Å². The maximum atomic E-state index is 10.7. The molecule has 0 N–H and O–H groups in total. The minimum atomic E-state index is -0.403. The van der Waals surface area contributed by atoms with Crippen molar-refractivity contribution in [3.05, 3.63) is 33.3 Å².